The zero-order chi connectivity index (χ0) is 14.9. The highest BCUT2D eigenvalue weighted by Crippen LogP contribution is 2.54. The summed E-state index contributed by atoms with van der Waals surface area (Å²) in [7, 11) is 0. The number of fused-ring (bicyclic) bond motifs is 2. The highest BCUT2D eigenvalue weighted by Gasteiger charge is 2.55. The van der Waals surface area contributed by atoms with Crippen LogP contribution in [0, 0.1) is 17.3 Å². The van der Waals surface area contributed by atoms with E-state index in [4.69, 9.17) is 4.74 Å². The van der Waals surface area contributed by atoms with Gasteiger partial charge < -0.3 is 9.84 Å². The maximum Gasteiger partial charge on any atom is 0.310 e. The Morgan fingerprint density at radius 3 is 2.57 bits per heavy atom. The molecule has 0 amide bonds. The van der Waals surface area contributed by atoms with Crippen LogP contribution in [-0.2, 0) is 20.9 Å². The van der Waals surface area contributed by atoms with E-state index in [1.54, 1.807) is 0 Å². The van der Waals surface area contributed by atoms with Crippen LogP contribution in [-0.4, -0.2) is 17.0 Å². The fraction of sp³-hybridized carbons (Fsp3) is 0.412. The highest BCUT2D eigenvalue weighted by molar-refractivity contribution is 5.83. The lowest BCUT2D eigenvalue weighted by Gasteiger charge is -2.30. The minimum Gasteiger partial charge on any atom is -0.481 e. The maximum absolute atomic E-state index is 12.0. The molecule has 2 aliphatic carbocycles. The van der Waals surface area contributed by atoms with E-state index < -0.39 is 17.4 Å². The molecule has 2 aliphatic rings. The minimum atomic E-state index is -0.965. The third-order valence-corrected chi connectivity index (χ3v) is 4.64. The summed E-state index contributed by atoms with van der Waals surface area (Å²) in [5.74, 6) is -1.05. The zero-order valence-electron chi connectivity index (χ0n) is 11.7. The summed E-state index contributed by atoms with van der Waals surface area (Å²) >= 11 is 0. The summed E-state index contributed by atoms with van der Waals surface area (Å²) in [4.78, 5) is 23.7. The van der Waals surface area contributed by atoms with Crippen LogP contribution >= 0.6 is 0 Å². The Kier molecular flexibility index (Phi) is 3.53. The van der Waals surface area contributed by atoms with Gasteiger partial charge in [-0.25, -0.2) is 0 Å². The van der Waals surface area contributed by atoms with Crippen LogP contribution in [0.15, 0.2) is 42.5 Å². The quantitative estimate of drug-likeness (QED) is 0.668. The van der Waals surface area contributed by atoms with Gasteiger partial charge in [0, 0.05) is 0 Å². The fourth-order valence-electron chi connectivity index (χ4n) is 3.53. The summed E-state index contributed by atoms with van der Waals surface area (Å²) in [6.45, 7) is 0.194. The molecule has 3 rings (SSSR count). The monoisotopic (exact) mass is 286 g/mol. The van der Waals surface area contributed by atoms with E-state index >= 15 is 0 Å². The van der Waals surface area contributed by atoms with Gasteiger partial charge in [-0.05, 0) is 30.2 Å². The first-order valence-corrected chi connectivity index (χ1v) is 7.21. The van der Waals surface area contributed by atoms with Gasteiger partial charge in [0.2, 0.25) is 0 Å². The fourth-order valence-corrected chi connectivity index (χ4v) is 3.53. The van der Waals surface area contributed by atoms with E-state index in [9.17, 15) is 14.7 Å². The number of allylic oxidation sites excluding steroid dienone is 2. The number of carbonyl (C=O) groups excluding carboxylic acids is 1. The molecule has 0 spiro atoms. The van der Waals surface area contributed by atoms with E-state index in [2.05, 4.69) is 6.08 Å². The number of aliphatic carboxylic acids is 1. The van der Waals surface area contributed by atoms with Crippen molar-refractivity contribution in [3.05, 3.63) is 48.0 Å². The van der Waals surface area contributed by atoms with Gasteiger partial charge in [-0.3, -0.25) is 9.59 Å². The summed E-state index contributed by atoms with van der Waals surface area (Å²) in [6, 6.07) is 9.40. The van der Waals surface area contributed by atoms with E-state index in [0.717, 1.165) is 12.0 Å². The highest BCUT2D eigenvalue weighted by atomic mass is 16.5. The molecule has 0 saturated heterocycles. The molecule has 1 fully saturated rings. The Bertz CT molecular complexity index is 578. The Morgan fingerprint density at radius 2 is 2.00 bits per heavy atom. The summed E-state index contributed by atoms with van der Waals surface area (Å²) in [5, 5.41) is 9.58. The Balaban J connectivity index is 1.63. The number of carbonyl (C=O) groups is 2. The van der Waals surface area contributed by atoms with Crippen molar-refractivity contribution in [2.45, 2.75) is 25.9 Å². The Hall–Kier alpha value is -2.10. The number of rotatable bonds is 5. The van der Waals surface area contributed by atoms with Crippen molar-refractivity contribution in [3.63, 3.8) is 0 Å². The second-order valence-electron chi connectivity index (χ2n) is 5.98. The molecule has 4 nitrogen and oxygen atoms in total. The zero-order valence-corrected chi connectivity index (χ0v) is 11.7. The van der Waals surface area contributed by atoms with Gasteiger partial charge in [0.25, 0.3) is 0 Å². The van der Waals surface area contributed by atoms with Crippen molar-refractivity contribution >= 4 is 11.9 Å². The van der Waals surface area contributed by atoms with Crippen molar-refractivity contribution in [1.82, 2.24) is 0 Å². The molecular formula is C17H18O4. The van der Waals surface area contributed by atoms with Gasteiger partial charge in [0.15, 0.2) is 0 Å². The lowest BCUT2D eigenvalue weighted by molar-refractivity contribution is -0.160. The summed E-state index contributed by atoms with van der Waals surface area (Å²) in [6.07, 6.45) is 5.37. The number of hydrogen-bond donors (Lipinski definition) is 1. The summed E-state index contributed by atoms with van der Waals surface area (Å²) < 4.78 is 5.25. The standard InChI is InChI=1S/C17H18O4/c18-15(21-11-12-4-2-1-3-5-12)10-17(16(19)20)9-13-6-7-14(17)8-13/h1-7,13-14H,8-11H2,(H,19,20). The lowest BCUT2D eigenvalue weighted by atomic mass is 9.73. The first-order valence-electron chi connectivity index (χ1n) is 7.21. The molecule has 0 aromatic heterocycles. The number of carboxylic acid groups (broad SMARTS) is 1. The molecule has 1 N–H and O–H groups in total. The van der Waals surface area contributed by atoms with Gasteiger partial charge in [-0.1, -0.05) is 42.5 Å². The molecule has 110 valence electrons. The molecule has 1 aromatic rings. The predicted molar refractivity (Wildman–Crippen MR) is 76.3 cm³/mol. The van der Waals surface area contributed by atoms with Gasteiger partial charge in [-0.2, -0.15) is 0 Å². The topological polar surface area (TPSA) is 63.6 Å². The average Bonchev–Trinajstić information content (AvgIpc) is 3.07. The Morgan fingerprint density at radius 1 is 1.24 bits per heavy atom. The lowest BCUT2D eigenvalue weighted by Crippen LogP contribution is -2.37. The van der Waals surface area contributed by atoms with Gasteiger partial charge in [0.1, 0.15) is 6.61 Å². The normalized spacial score (nSPS) is 29.5. The third kappa shape index (κ3) is 2.58. The smallest absolute Gasteiger partial charge is 0.310 e. The molecule has 0 heterocycles. The van der Waals surface area contributed by atoms with Crippen LogP contribution in [0.3, 0.4) is 0 Å². The van der Waals surface area contributed by atoms with Gasteiger partial charge in [0.05, 0.1) is 11.8 Å². The molecule has 2 bridgehead atoms. The average molecular weight is 286 g/mol. The van der Waals surface area contributed by atoms with Crippen molar-refractivity contribution in [3.8, 4) is 0 Å². The number of carboxylic acids is 1. The largest absolute Gasteiger partial charge is 0.481 e. The van der Waals surface area contributed by atoms with Crippen LogP contribution < -0.4 is 0 Å². The molecule has 3 atom stereocenters. The first-order chi connectivity index (χ1) is 10.1. The van der Waals surface area contributed by atoms with Crippen molar-refractivity contribution in [2.75, 3.05) is 0 Å². The second-order valence-corrected chi connectivity index (χ2v) is 5.98. The second kappa shape index (κ2) is 5.35. The van der Waals surface area contributed by atoms with Crippen LogP contribution in [0.5, 0.6) is 0 Å². The maximum atomic E-state index is 12.0. The van der Waals surface area contributed by atoms with E-state index in [-0.39, 0.29) is 18.9 Å². The Labute approximate surface area is 123 Å². The first kappa shape index (κ1) is 13.9. The van der Waals surface area contributed by atoms with Gasteiger partial charge in [-0.15, -0.1) is 0 Å². The molecular weight excluding hydrogens is 268 g/mol. The molecule has 1 aromatic carbocycles. The van der Waals surface area contributed by atoms with Crippen LogP contribution in [0.4, 0.5) is 0 Å². The van der Waals surface area contributed by atoms with E-state index in [1.165, 1.54) is 0 Å². The SMILES string of the molecule is O=C(CC1(C(=O)O)CC2C=CC1C2)OCc1ccccc1. The van der Waals surface area contributed by atoms with Crippen molar-refractivity contribution < 1.29 is 19.4 Å². The molecule has 21 heavy (non-hydrogen) atoms. The molecule has 0 aliphatic heterocycles. The number of benzene rings is 1. The van der Waals surface area contributed by atoms with Gasteiger partial charge >= 0.3 is 11.9 Å². The van der Waals surface area contributed by atoms with E-state index in [0.29, 0.717) is 12.3 Å². The van der Waals surface area contributed by atoms with Crippen molar-refractivity contribution in [1.29, 1.82) is 0 Å². The molecule has 1 saturated carbocycles. The van der Waals surface area contributed by atoms with Crippen LogP contribution in [0.25, 0.3) is 0 Å². The number of ether oxygens (including phenoxy) is 1. The predicted octanol–water partition coefficient (Wildman–Crippen LogP) is 2.79. The minimum absolute atomic E-state index is 0.0377. The third-order valence-electron chi connectivity index (χ3n) is 4.64. The van der Waals surface area contributed by atoms with E-state index in [1.807, 2.05) is 36.4 Å². The molecule has 3 unspecified atom stereocenters. The van der Waals surface area contributed by atoms with Crippen LogP contribution in [0.2, 0.25) is 0 Å². The summed E-state index contributed by atoms with van der Waals surface area (Å²) in [5.41, 5.74) is -0.0595. The number of hydrogen-bond acceptors (Lipinski definition) is 3. The van der Waals surface area contributed by atoms with Crippen molar-refractivity contribution in [2.24, 2.45) is 17.3 Å². The number of esters is 1. The van der Waals surface area contributed by atoms with Crippen LogP contribution in [0.1, 0.15) is 24.8 Å². The molecule has 0 radical (unpaired) electrons. The molecule has 4 heteroatoms.